The van der Waals surface area contributed by atoms with E-state index >= 15 is 0 Å². The summed E-state index contributed by atoms with van der Waals surface area (Å²) >= 11 is 0. The summed E-state index contributed by atoms with van der Waals surface area (Å²) in [6, 6.07) is 6.76. The van der Waals surface area contributed by atoms with Crippen molar-refractivity contribution in [3.8, 4) is 11.8 Å². The highest BCUT2D eigenvalue weighted by Gasteiger charge is 2.41. The zero-order valence-corrected chi connectivity index (χ0v) is 24.9. The Bertz CT molecular complexity index is 1260. The number of nitrogens with one attached hydrogen (secondary N) is 1. The molecule has 3 aliphatic rings. The van der Waals surface area contributed by atoms with E-state index in [4.69, 9.17) is 14.6 Å². The first kappa shape index (κ1) is 32.0. The number of ether oxygens (including phenoxy) is 2. The number of fused-ring (bicyclic) bond motifs is 1. The van der Waals surface area contributed by atoms with Gasteiger partial charge in [0.25, 0.3) is 0 Å². The Morgan fingerprint density at radius 1 is 1.27 bits per heavy atom. The number of amidine groups is 1. The first-order chi connectivity index (χ1) is 19.6. The number of halogens is 1. The molecule has 0 spiro atoms. The number of aliphatic hydroxyl groups excluding tert-OH is 1. The monoisotopic (exact) mass is 567 g/mol. The quantitative estimate of drug-likeness (QED) is 0.286. The largest absolute Gasteiger partial charge is 0.490 e. The van der Waals surface area contributed by atoms with Crippen molar-refractivity contribution in [3.05, 3.63) is 53.0 Å². The van der Waals surface area contributed by atoms with E-state index < -0.39 is 16.8 Å². The molecule has 1 aromatic rings. The number of aldehydes is 1. The summed E-state index contributed by atoms with van der Waals surface area (Å²) < 4.78 is 27.1. The number of aliphatic hydroxyl groups is 1. The molecule has 4 rings (SSSR count). The predicted octanol–water partition coefficient (Wildman–Crippen LogP) is 4.98. The van der Waals surface area contributed by atoms with Crippen LogP contribution in [0.4, 0.5) is 4.39 Å². The van der Waals surface area contributed by atoms with Crippen LogP contribution in [0.1, 0.15) is 71.8 Å². The van der Waals surface area contributed by atoms with Crippen molar-refractivity contribution in [1.29, 1.82) is 5.26 Å². The highest BCUT2D eigenvalue weighted by molar-refractivity contribution is 5.96. The van der Waals surface area contributed by atoms with Gasteiger partial charge in [0.05, 0.1) is 11.5 Å². The molecule has 10 heteroatoms. The molecule has 2 heterocycles. The lowest BCUT2D eigenvalue weighted by molar-refractivity contribution is -0.105. The Labute approximate surface area is 242 Å². The van der Waals surface area contributed by atoms with Crippen molar-refractivity contribution in [3.63, 3.8) is 0 Å². The molecule has 0 bridgehead atoms. The second-order valence-electron chi connectivity index (χ2n) is 11.2. The Kier molecular flexibility index (Phi) is 10.8. The molecule has 2 N–H and O–H groups in total. The van der Waals surface area contributed by atoms with Gasteiger partial charge in [-0.15, -0.1) is 0 Å². The van der Waals surface area contributed by atoms with Crippen molar-refractivity contribution in [1.82, 2.24) is 10.4 Å². The van der Waals surface area contributed by atoms with E-state index in [-0.39, 0.29) is 18.8 Å². The fraction of sp³-hybridized carbons (Fsp3) is 0.548. The first-order valence-electron chi connectivity index (χ1n) is 13.9. The summed E-state index contributed by atoms with van der Waals surface area (Å²) in [4.78, 5) is 21.3. The van der Waals surface area contributed by atoms with Crippen LogP contribution in [0.2, 0.25) is 0 Å². The third kappa shape index (κ3) is 7.40. The third-order valence-electron chi connectivity index (χ3n) is 7.98. The van der Waals surface area contributed by atoms with Gasteiger partial charge in [0.15, 0.2) is 0 Å². The van der Waals surface area contributed by atoms with Gasteiger partial charge in [0, 0.05) is 43.7 Å². The van der Waals surface area contributed by atoms with Gasteiger partial charge in [-0.05, 0) is 70.6 Å². The van der Waals surface area contributed by atoms with Crippen molar-refractivity contribution in [2.45, 2.75) is 83.5 Å². The number of allylic oxidation sites excluding steroid dienone is 2. The minimum Gasteiger partial charge on any atom is -0.490 e. The number of benzene rings is 1. The maximum absolute atomic E-state index is 14.8. The minimum absolute atomic E-state index is 0.213. The summed E-state index contributed by atoms with van der Waals surface area (Å²) in [5.41, 5.74) is 4.50. The summed E-state index contributed by atoms with van der Waals surface area (Å²) in [6.07, 6.45) is 9.44. The molecule has 0 aromatic heterocycles. The molecule has 222 valence electrons. The first-order valence-corrected chi connectivity index (χ1v) is 13.9. The van der Waals surface area contributed by atoms with Crippen molar-refractivity contribution in [2.24, 2.45) is 15.9 Å². The molecule has 1 saturated carbocycles. The number of carbonyl (C=O) groups is 1. The lowest BCUT2D eigenvalue weighted by atomic mass is 9.82. The van der Waals surface area contributed by atoms with E-state index in [0.29, 0.717) is 35.6 Å². The SMILES string of the molecule is CO.COC(C/C=C(\C=O)CC1=NC2N=C(C)C=C(C)N2N1)(COc1ccc(C(C)(C)C#N)c(F)c1)C1CCCC1. The van der Waals surface area contributed by atoms with Crippen LogP contribution in [0.5, 0.6) is 5.75 Å². The second kappa shape index (κ2) is 13.9. The molecule has 2 aliphatic heterocycles. The number of hydrogen-bond acceptors (Lipinski definition) is 9. The van der Waals surface area contributed by atoms with Crippen molar-refractivity contribution in [2.75, 3.05) is 20.8 Å². The van der Waals surface area contributed by atoms with Crippen LogP contribution in [0.3, 0.4) is 0 Å². The van der Waals surface area contributed by atoms with Crippen molar-refractivity contribution < 1.29 is 23.8 Å². The molecule has 0 radical (unpaired) electrons. The smallest absolute Gasteiger partial charge is 0.235 e. The molecule has 1 aliphatic carbocycles. The maximum atomic E-state index is 14.8. The second-order valence-corrected chi connectivity index (χ2v) is 11.2. The molecule has 1 aromatic carbocycles. The molecule has 2 unspecified atom stereocenters. The number of aliphatic imine (C=N–C) groups is 2. The lowest BCUT2D eigenvalue weighted by Crippen LogP contribution is -2.44. The van der Waals surface area contributed by atoms with Crippen LogP contribution < -0.4 is 10.2 Å². The van der Waals surface area contributed by atoms with Gasteiger partial charge in [-0.2, -0.15) is 5.26 Å². The summed E-state index contributed by atoms with van der Waals surface area (Å²) in [7, 11) is 2.67. The predicted molar refractivity (Wildman–Crippen MR) is 157 cm³/mol. The topological polar surface area (TPSA) is 120 Å². The highest BCUT2D eigenvalue weighted by Crippen LogP contribution is 2.40. The average Bonchev–Trinajstić information content (AvgIpc) is 3.64. The van der Waals surface area contributed by atoms with Crippen LogP contribution in [-0.4, -0.2) is 60.7 Å². The number of carbonyl (C=O) groups excluding carboxylic acids is 1. The molecule has 41 heavy (non-hydrogen) atoms. The van der Waals surface area contributed by atoms with Gasteiger partial charge < -0.3 is 14.6 Å². The summed E-state index contributed by atoms with van der Waals surface area (Å²) in [5, 5.41) is 18.3. The van der Waals surface area contributed by atoms with E-state index in [1.807, 2.05) is 31.0 Å². The number of nitriles is 1. The number of nitrogens with zero attached hydrogens (tertiary/aromatic N) is 4. The van der Waals surface area contributed by atoms with E-state index in [9.17, 15) is 14.4 Å². The van der Waals surface area contributed by atoms with Crippen LogP contribution in [0.25, 0.3) is 0 Å². The molecule has 9 nitrogen and oxygen atoms in total. The number of methoxy groups -OCH3 is 1. The van der Waals surface area contributed by atoms with E-state index in [1.54, 1.807) is 33.1 Å². The maximum Gasteiger partial charge on any atom is 0.235 e. The van der Waals surface area contributed by atoms with E-state index in [2.05, 4.69) is 21.5 Å². The zero-order chi connectivity index (χ0) is 30.2. The Morgan fingerprint density at radius 3 is 2.59 bits per heavy atom. The third-order valence-corrected chi connectivity index (χ3v) is 7.98. The van der Waals surface area contributed by atoms with Gasteiger partial charge in [-0.3, -0.25) is 10.2 Å². The number of hydrazine groups is 1. The molecular formula is C31H42FN5O4. The molecular weight excluding hydrogens is 525 g/mol. The standard InChI is InChI=1S/C30H38FN5O3.CH4O/c1-20-14-21(2)36-28(33-20)34-27(35-36)15-22(17-37)12-13-30(38-5,23-8-6-7-9-23)19-39-24-10-11-25(26(31)16-24)29(3,4)18-32;1-2/h10-12,14,16-17,23,28H,6-9,13,15,19H2,1-5H3,(H,34,35);2H,1H3/b22-12-;. The van der Waals surface area contributed by atoms with Crippen LogP contribution in [0, 0.1) is 23.1 Å². The summed E-state index contributed by atoms with van der Waals surface area (Å²) in [6.45, 7) is 7.51. The van der Waals surface area contributed by atoms with Gasteiger partial charge >= 0.3 is 0 Å². The summed E-state index contributed by atoms with van der Waals surface area (Å²) in [5.74, 6) is 0.830. The Hall–Kier alpha value is -3.55. The van der Waals surface area contributed by atoms with Gasteiger partial charge in [0.2, 0.25) is 6.29 Å². The molecule has 2 atom stereocenters. The normalized spacial score (nSPS) is 20.4. The van der Waals surface area contributed by atoms with Gasteiger partial charge in [-0.1, -0.05) is 25.0 Å². The van der Waals surface area contributed by atoms with Gasteiger partial charge in [0.1, 0.15) is 35.9 Å². The Balaban J connectivity index is 0.00000226. The zero-order valence-electron chi connectivity index (χ0n) is 24.9. The Morgan fingerprint density at radius 2 is 1.98 bits per heavy atom. The van der Waals surface area contributed by atoms with Crippen molar-refractivity contribution >= 4 is 17.8 Å². The molecule has 0 amide bonds. The van der Waals surface area contributed by atoms with Gasteiger partial charge in [-0.25, -0.2) is 19.4 Å². The van der Waals surface area contributed by atoms with E-state index in [0.717, 1.165) is 50.5 Å². The number of rotatable bonds is 11. The van der Waals surface area contributed by atoms with E-state index in [1.165, 1.54) is 6.07 Å². The fourth-order valence-electron chi connectivity index (χ4n) is 5.58. The average molecular weight is 568 g/mol. The lowest BCUT2D eigenvalue weighted by Gasteiger charge is -2.37. The molecule has 0 saturated heterocycles. The minimum atomic E-state index is -0.938. The number of hydrogen-bond donors (Lipinski definition) is 2. The van der Waals surface area contributed by atoms with Crippen LogP contribution in [0.15, 0.2) is 51.6 Å². The van der Waals surface area contributed by atoms with Crippen LogP contribution >= 0.6 is 0 Å². The van der Waals surface area contributed by atoms with Crippen LogP contribution in [-0.2, 0) is 14.9 Å². The fourth-order valence-corrected chi connectivity index (χ4v) is 5.58. The highest BCUT2D eigenvalue weighted by atomic mass is 19.1. The molecule has 1 fully saturated rings.